The average molecular weight is 497 g/mol. The molecule has 0 amide bonds. The summed E-state index contributed by atoms with van der Waals surface area (Å²) in [5.41, 5.74) is -0.205. The summed E-state index contributed by atoms with van der Waals surface area (Å²) in [5.74, 6) is 0. The van der Waals surface area contributed by atoms with Gasteiger partial charge in [-0.3, -0.25) is 4.72 Å². The van der Waals surface area contributed by atoms with Crippen LogP contribution in [0.4, 0.5) is 9.57 Å². The Hall–Kier alpha value is -1.73. The second-order valence-corrected chi connectivity index (χ2v) is 12.0. The lowest BCUT2D eigenvalue weighted by atomic mass is 10.2. The van der Waals surface area contributed by atoms with Crippen molar-refractivity contribution in [2.24, 2.45) is 0 Å². The first-order valence-electron chi connectivity index (χ1n) is 8.78. The van der Waals surface area contributed by atoms with Gasteiger partial charge in [-0.1, -0.05) is 24.1 Å². The molecular formula is C17H18ClFN2O6S3. The quantitative estimate of drug-likeness (QED) is 0.614. The second-order valence-electron chi connectivity index (χ2n) is 6.62. The summed E-state index contributed by atoms with van der Waals surface area (Å²) in [6, 6.07) is 7.32. The first-order valence-corrected chi connectivity index (χ1v) is 13.5. The van der Waals surface area contributed by atoms with Crippen molar-refractivity contribution < 1.29 is 29.1 Å². The lowest BCUT2D eigenvalue weighted by Crippen LogP contribution is -2.35. The summed E-state index contributed by atoms with van der Waals surface area (Å²) < 4.78 is 89.8. The Morgan fingerprint density at radius 3 is 2.10 bits per heavy atom. The number of benzene rings is 2. The molecule has 0 radical (unpaired) electrons. The van der Waals surface area contributed by atoms with Crippen molar-refractivity contribution >= 4 is 47.6 Å². The zero-order chi connectivity index (χ0) is 22.2. The van der Waals surface area contributed by atoms with Gasteiger partial charge in [0.15, 0.2) is 0 Å². The largest absolute Gasteiger partial charge is 0.332 e. The number of halogens is 2. The van der Waals surface area contributed by atoms with Crippen molar-refractivity contribution in [2.45, 2.75) is 33.9 Å². The molecule has 164 valence electrons. The Balaban J connectivity index is 1.96. The molecule has 1 fully saturated rings. The summed E-state index contributed by atoms with van der Waals surface area (Å²) in [6.45, 7) is 0.743. The number of hydrogen-bond donors (Lipinski definition) is 1. The molecular weight excluding hydrogens is 479 g/mol. The van der Waals surface area contributed by atoms with Gasteiger partial charge in [0.2, 0.25) is 10.0 Å². The van der Waals surface area contributed by atoms with Gasteiger partial charge >= 0.3 is 10.2 Å². The number of anilines is 1. The summed E-state index contributed by atoms with van der Waals surface area (Å²) in [5, 5.41) is -0.0644. The molecule has 30 heavy (non-hydrogen) atoms. The highest BCUT2D eigenvalue weighted by Crippen LogP contribution is 2.30. The third-order valence-corrected chi connectivity index (χ3v) is 8.94. The predicted molar refractivity (Wildman–Crippen MR) is 110 cm³/mol. The van der Waals surface area contributed by atoms with E-state index in [1.165, 1.54) is 16.4 Å². The number of sulfonamides is 2. The van der Waals surface area contributed by atoms with Crippen molar-refractivity contribution in [3.63, 3.8) is 0 Å². The van der Waals surface area contributed by atoms with Crippen LogP contribution in [0.2, 0.25) is 5.02 Å². The molecule has 1 heterocycles. The predicted octanol–water partition coefficient (Wildman–Crippen LogP) is 2.97. The number of piperidine rings is 1. The Morgan fingerprint density at radius 2 is 1.47 bits per heavy atom. The highest BCUT2D eigenvalue weighted by Gasteiger charge is 2.27. The molecule has 1 saturated heterocycles. The molecule has 0 bridgehead atoms. The van der Waals surface area contributed by atoms with Gasteiger partial charge in [-0.15, -0.1) is 3.89 Å². The van der Waals surface area contributed by atoms with Crippen LogP contribution in [-0.4, -0.2) is 42.6 Å². The maximum Gasteiger partial charge on any atom is 0.332 e. The van der Waals surface area contributed by atoms with E-state index in [-0.39, 0.29) is 15.6 Å². The SMILES string of the molecule is O=S(=O)(F)c1cccc(S(=O)(=O)Nc2cc(S(=O)(=O)N3CCCCC3)ccc2Cl)c1. The van der Waals surface area contributed by atoms with Gasteiger partial charge in [-0.2, -0.15) is 12.7 Å². The molecule has 3 rings (SSSR count). The van der Waals surface area contributed by atoms with Crippen molar-refractivity contribution in [3.8, 4) is 0 Å². The number of nitrogens with zero attached hydrogens (tertiary/aromatic N) is 1. The maximum absolute atomic E-state index is 13.2. The van der Waals surface area contributed by atoms with Gasteiger partial charge in [0.25, 0.3) is 10.0 Å². The van der Waals surface area contributed by atoms with E-state index in [9.17, 15) is 29.1 Å². The zero-order valence-corrected chi connectivity index (χ0v) is 18.7. The molecule has 1 aliphatic heterocycles. The van der Waals surface area contributed by atoms with Crippen molar-refractivity contribution in [1.29, 1.82) is 0 Å². The third kappa shape index (κ3) is 4.94. The van der Waals surface area contributed by atoms with Gasteiger partial charge in [0.1, 0.15) is 0 Å². The summed E-state index contributed by atoms with van der Waals surface area (Å²) in [6.07, 6.45) is 2.41. The molecule has 2 aromatic rings. The summed E-state index contributed by atoms with van der Waals surface area (Å²) in [7, 11) is -13.3. The minimum Gasteiger partial charge on any atom is -0.278 e. The topological polar surface area (TPSA) is 118 Å². The van der Waals surface area contributed by atoms with Gasteiger partial charge in [0.05, 0.1) is 25.4 Å². The number of rotatable bonds is 6. The van der Waals surface area contributed by atoms with Crippen molar-refractivity contribution in [2.75, 3.05) is 17.8 Å². The minimum absolute atomic E-state index is 0.0644. The van der Waals surface area contributed by atoms with E-state index in [0.717, 1.165) is 43.5 Å². The van der Waals surface area contributed by atoms with Crippen LogP contribution in [0.15, 0.2) is 57.2 Å². The highest BCUT2D eigenvalue weighted by molar-refractivity contribution is 7.93. The Labute approximate surface area is 180 Å². The fourth-order valence-electron chi connectivity index (χ4n) is 2.99. The second kappa shape index (κ2) is 8.42. The lowest BCUT2D eigenvalue weighted by Gasteiger charge is -2.26. The standard InChI is InChI=1S/C17H18ClFN2O6S3/c18-16-8-7-15(30(26,27)21-9-2-1-3-10-21)12-17(16)20-29(24,25)14-6-4-5-13(11-14)28(19,22)23/h4-8,11-12,20H,1-3,9-10H2. The third-order valence-electron chi connectivity index (χ3n) is 4.53. The van der Waals surface area contributed by atoms with E-state index in [0.29, 0.717) is 19.2 Å². The molecule has 0 atom stereocenters. The van der Waals surface area contributed by atoms with Gasteiger partial charge < -0.3 is 0 Å². The zero-order valence-electron chi connectivity index (χ0n) is 15.5. The van der Waals surface area contributed by atoms with E-state index in [2.05, 4.69) is 4.72 Å². The lowest BCUT2D eigenvalue weighted by molar-refractivity contribution is 0.346. The van der Waals surface area contributed by atoms with E-state index in [1.807, 2.05) is 0 Å². The molecule has 2 aromatic carbocycles. The van der Waals surface area contributed by atoms with Crippen LogP contribution >= 0.6 is 11.6 Å². The van der Waals surface area contributed by atoms with Crippen LogP contribution < -0.4 is 4.72 Å². The smallest absolute Gasteiger partial charge is 0.278 e. The Bertz CT molecular complexity index is 1270. The van der Waals surface area contributed by atoms with Crippen molar-refractivity contribution in [1.82, 2.24) is 4.31 Å². The Kier molecular flexibility index (Phi) is 6.44. The fourth-order valence-corrected chi connectivity index (χ4v) is 6.46. The van der Waals surface area contributed by atoms with Crippen LogP contribution in [0.3, 0.4) is 0 Å². The molecule has 0 aromatic heterocycles. The summed E-state index contributed by atoms with van der Waals surface area (Å²) in [4.78, 5) is -1.48. The molecule has 0 aliphatic carbocycles. The van der Waals surface area contributed by atoms with E-state index in [4.69, 9.17) is 11.6 Å². The van der Waals surface area contributed by atoms with E-state index < -0.39 is 40.1 Å². The van der Waals surface area contributed by atoms with E-state index >= 15 is 0 Å². The molecule has 0 saturated carbocycles. The van der Waals surface area contributed by atoms with Gasteiger partial charge in [0, 0.05) is 13.1 Å². The van der Waals surface area contributed by atoms with Crippen molar-refractivity contribution in [3.05, 3.63) is 47.5 Å². The molecule has 1 N–H and O–H groups in total. The minimum atomic E-state index is -5.11. The normalized spacial score (nSPS) is 16.3. The van der Waals surface area contributed by atoms with Gasteiger partial charge in [-0.05, 0) is 49.2 Å². The van der Waals surface area contributed by atoms with Crippen LogP contribution in [0.5, 0.6) is 0 Å². The Morgan fingerprint density at radius 1 is 0.833 bits per heavy atom. The molecule has 1 aliphatic rings. The summed E-state index contributed by atoms with van der Waals surface area (Å²) >= 11 is 6.04. The van der Waals surface area contributed by atoms with Crippen LogP contribution in [0, 0.1) is 0 Å². The number of hydrogen-bond acceptors (Lipinski definition) is 6. The fraction of sp³-hybridized carbons (Fsp3) is 0.294. The molecule has 0 unspecified atom stereocenters. The molecule has 8 nitrogen and oxygen atoms in total. The monoisotopic (exact) mass is 496 g/mol. The van der Waals surface area contributed by atoms with Crippen LogP contribution in [0.25, 0.3) is 0 Å². The highest BCUT2D eigenvalue weighted by atomic mass is 35.5. The van der Waals surface area contributed by atoms with E-state index in [1.54, 1.807) is 0 Å². The van der Waals surface area contributed by atoms with Crippen LogP contribution in [-0.2, 0) is 30.3 Å². The average Bonchev–Trinajstić information content (AvgIpc) is 2.69. The van der Waals surface area contributed by atoms with Crippen LogP contribution in [0.1, 0.15) is 19.3 Å². The number of nitrogens with one attached hydrogen (secondary N) is 1. The molecule has 13 heteroatoms. The first-order chi connectivity index (χ1) is 13.9. The van der Waals surface area contributed by atoms with Gasteiger partial charge in [-0.25, -0.2) is 16.8 Å². The molecule has 0 spiro atoms. The maximum atomic E-state index is 13.2. The first kappa shape index (κ1) is 22.9.